The first-order chi connectivity index (χ1) is 7.56. The predicted molar refractivity (Wildman–Crippen MR) is 68.5 cm³/mol. The molecule has 0 fully saturated rings. The van der Waals surface area contributed by atoms with Gasteiger partial charge in [-0.25, -0.2) is 0 Å². The zero-order chi connectivity index (χ0) is 11.7. The summed E-state index contributed by atoms with van der Waals surface area (Å²) < 4.78 is 6.61. The molecule has 0 saturated heterocycles. The maximum absolute atomic E-state index is 10.8. The van der Waals surface area contributed by atoms with Crippen molar-refractivity contribution in [1.82, 2.24) is 0 Å². The van der Waals surface area contributed by atoms with E-state index in [0.29, 0.717) is 0 Å². The zero-order valence-electron chi connectivity index (χ0n) is 8.57. The van der Waals surface area contributed by atoms with E-state index in [1.54, 1.807) is 0 Å². The number of furan rings is 1. The molecule has 1 unspecified atom stereocenters. The number of carbonyl (C=O) groups is 1. The minimum absolute atomic E-state index is 0.185. The number of rotatable bonds is 3. The summed E-state index contributed by atoms with van der Waals surface area (Å²) in [6.45, 7) is 2.01. The van der Waals surface area contributed by atoms with Crippen LogP contribution in [0.2, 0.25) is 0 Å². The normalized spacial score (nSPS) is 12.9. The number of carbonyl (C=O) groups excluding carboxylic acids is 1. The number of halogens is 1. The van der Waals surface area contributed by atoms with Crippen molar-refractivity contribution in [3.8, 4) is 0 Å². The molecule has 0 radical (unpaired) electrons. The van der Waals surface area contributed by atoms with Crippen LogP contribution in [-0.4, -0.2) is 19.8 Å². The van der Waals surface area contributed by atoms with Crippen LogP contribution in [0.1, 0.15) is 17.5 Å². The van der Waals surface area contributed by atoms with Gasteiger partial charge in [0.1, 0.15) is 0 Å². The molecule has 3 nitrogen and oxygen atoms in total. The van der Waals surface area contributed by atoms with E-state index in [-0.39, 0.29) is 24.6 Å². The molecule has 84 valence electrons. The number of primary amides is 1. The van der Waals surface area contributed by atoms with Gasteiger partial charge in [-0.2, -0.15) is 0 Å². The second kappa shape index (κ2) is 4.62. The van der Waals surface area contributed by atoms with Gasteiger partial charge in [0.05, 0.1) is 0 Å². The Labute approximate surface area is 108 Å². The van der Waals surface area contributed by atoms with Crippen molar-refractivity contribution in [1.29, 1.82) is 0 Å². The molecule has 1 atom stereocenters. The number of amides is 1. The Hall–Kier alpha value is -0.771. The molecule has 0 spiro atoms. The van der Waals surface area contributed by atoms with E-state index >= 15 is 0 Å². The number of nitrogens with two attached hydrogens (primary N) is 1. The summed E-state index contributed by atoms with van der Waals surface area (Å²) in [6, 6.07) is 7.71. The molecule has 1 aromatic carbocycles. The topological polar surface area (TPSA) is 56.2 Å². The van der Waals surface area contributed by atoms with Gasteiger partial charge in [0.15, 0.2) is 0 Å². The van der Waals surface area contributed by atoms with Crippen molar-refractivity contribution in [3.05, 3.63) is 30.0 Å². The van der Waals surface area contributed by atoms with Gasteiger partial charge in [-0.1, -0.05) is 0 Å². The average Bonchev–Trinajstić information content (AvgIpc) is 2.59. The summed E-state index contributed by atoms with van der Waals surface area (Å²) in [4.78, 5) is 10.8. The Morgan fingerprint density at radius 3 is 2.88 bits per heavy atom. The Kier molecular flexibility index (Phi) is 3.38. The molecule has 0 saturated carbocycles. The van der Waals surface area contributed by atoms with Gasteiger partial charge in [-0.3, -0.25) is 0 Å². The molecule has 2 aromatic rings. The van der Waals surface area contributed by atoms with Crippen LogP contribution in [0.4, 0.5) is 4.79 Å². The van der Waals surface area contributed by atoms with Crippen molar-refractivity contribution >= 4 is 51.1 Å². The number of fused-ring (bicyclic) bond motifs is 1. The summed E-state index contributed by atoms with van der Waals surface area (Å²) in [7, 11) is 0. The standard InChI is InChI=1S/C11H10BrNO2Se/c1-6(12)10-5-7-4-8(16-11(13)14)2-3-9(7)15-10/h2-6H,1H3,(H2,13,14). The van der Waals surface area contributed by atoms with Crippen LogP contribution < -0.4 is 10.2 Å². The van der Waals surface area contributed by atoms with Gasteiger partial charge < -0.3 is 0 Å². The summed E-state index contributed by atoms with van der Waals surface area (Å²) in [6.07, 6.45) is 0. The Morgan fingerprint density at radius 1 is 1.50 bits per heavy atom. The predicted octanol–water partition coefficient (Wildman–Crippen LogP) is 2.30. The van der Waals surface area contributed by atoms with Crippen molar-refractivity contribution in [3.63, 3.8) is 0 Å². The first kappa shape index (κ1) is 11.7. The molecular weight excluding hydrogens is 337 g/mol. The molecule has 1 aromatic heterocycles. The third-order valence-electron chi connectivity index (χ3n) is 2.12. The fourth-order valence-corrected chi connectivity index (χ4v) is 2.81. The van der Waals surface area contributed by atoms with Crippen molar-refractivity contribution in [2.24, 2.45) is 5.73 Å². The van der Waals surface area contributed by atoms with Crippen molar-refractivity contribution < 1.29 is 9.21 Å². The van der Waals surface area contributed by atoms with Gasteiger partial charge in [0.2, 0.25) is 0 Å². The summed E-state index contributed by atoms with van der Waals surface area (Å²) in [5, 5.41) is 1.02. The molecule has 1 amide bonds. The van der Waals surface area contributed by atoms with Gasteiger partial charge >= 0.3 is 108 Å². The van der Waals surface area contributed by atoms with Gasteiger partial charge in [0.25, 0.3) is 0 Å². The Bertz CT molecular complexity index is 536. The third kappa shape index (κ3) is 2.48. The van der Waals surface area contributed by atoms with E-state index in [1.807, 2.05) is 31.2 Å². The van der Waals surface area contributed by atoms with Crippen LogP contribution in [0.3, 0.4) is 0 Å². The van der Waals surface area contributed by atoms with Crippen LogP contribution in [-0.2, 0) is 0 Å². The van der Waals surface area contributed by atoms with Crippen LogP contribution >= 0.6 is 15.9 Å². The van der Waals surface area contributed by atoms with Crippen LogP contribution in [0.15, 0.2) is 28.7 Å². The zero-order valence-corrected chi connectivity index (χ0v) is 11.9. The second-order valence-electron chi connectivity index (χ2n) is 3.39. The number of hydrogen-bond acceptors (Lipinski definition) is 2. The van der Waals surface area contributed by atoms with Crippen molar-refractivity contribution in [2.45, 2.75) is 11.8 Å². The molecule has 5 heteroatoms. The monoisotopic (exact) mass is 347 g/mol. The number of benzene rings is 1. The van der Waals surface area contributed by atoms with E-state index in [9.17, 15) is 4.79 Å². The molecule has 0 aliphatic rings. The minimum atomic E-state index is -0.300. The van der Waals surface area contributed by atoms with Crippen molar-refractivity contribution in [2.75, 3.05) is 0 Å². The van der Waals surface area contributed by atoms with E-state index in [4.69, 9.17) is 10.2 Å². The van der Waals surface area contributed by atoms with E-state index < -0.39 is 0 Å². The molecule has 0 bridgehead atoms. The van der Waals surface area contributed by atoms with Crippen LogP contribution in [0.25, 0.3) is 11.0 Å². The molecule has 1 heterocycles. The first-order valence-electron chi connectivity index (χ1n) is 4.71. The Balaban J connectivity index is 2.41. The number of hydrogen-bond donors (Lipinski definition) is 1. The average molecular weight is 347 g/mol. The molecule has 2 N–H and O–H groups in total. The molecular formula is C11H10BrNO2Se. The summed E-state index contributed by atoms with van der Waals surface area (Å²) >= 11 is 3.16. The molecule has 16 heavy (non-hydrogen) atoms. The summed E-state index contributed by atoms with van der Waals surface area (Å²) in [5.41, 5.74) is 6.02. The van der Waals surface area contributed by atoms with Gasteiger partial charge in [-0.05, 0) is 0 Å². The number of alkyl halides is 1. The van der Waals surface area contributed by atoms with E-state index in [1.165, 1.54) is 0 Å². The molecule has 2 rings (SSSR count). The fourth-order valence-electron chi connectivity index (χ4n) is 1.42. The van der Waals surface area contributed by atoms with Gasteiger partial charge in [-0.15, -0.1) is 0 Å². The van der Waals surface area contributed by atoms with Gasteiger partial charge in [0, 0.05) is 0 Å². The van der Waals surface area contributed by atoms with Crippen LogP contribution in [0.5, 0.6) is 0 Å². The van der Waals surface area contributed by atoms with Crippen LogP contribution in [0, 0.1) is 0 Å². The SMILES string of the molecule is CC(Br)c1cc2cc([Se]C(N)=O)ccc2o1. The third-order valence-corrected chi connectivity index (χ3v) is 4.02. The van der Waals surface area contributed by atoms with E-state index in [2.05, 4.69) is 15.9 Å². The summed E-state index contributed by atoms with van der Waals surface area (Å²) in [5.74, 6) is 0.888. The fraction of sp³-hybridized carbons (Fsp3) is 0.182. The maximum atomic E-state index is 10.8. The first-order valence-corrected chi connectivity index (χ1v) is 7.34. The second-order valence-corrected chi connectivity index (χ2v) is 7.02. The van der Waals surface area contributed by atoms with E-state index in [0.717, 1.165) is 21.2 Å². The Morgan fingerprint density at radius 2 is 2.25 bits per heavy atom. The molecule has 0 aliphatic carbocycles. The molecule has 0 aliphatic heterocycles. The quantitative estimate of drug-likeness (QED) is 0.684.